The lowest BCUT2D eigenvalue weighted by Crippen LogP contribution is -2.07. The van der Waals surface area contributed by atoms with Crippen molar-refractivity contribution in [2.24, 2.45) is 0 Å². The lowest BCUT2D eigenvalue weighted by molar-refractivity contribution is 0.0596. The highest BCUT2D eigenvalue weighted by molar-refractivity contribution is 6.34. The molecule has 0 aliphatic heterocycles. The Morgan fingerprint density at radius 1 is 1.25 bits per heavy atom. The van der Waals surface area contributed by atoms with Crippen LogP contribution in [0.3, 0.4) is 0 Å². The molecule has 2 N–H and O–H groups in total. The van der Waals surface area contributed by atoms with Crippen LogP contribution in [0.1, 0.15) is 10.4 Å². The van der Waals surface area contributed by atoms with Gasteiger partial charge in [-0.1, -0.05) is 11.6 Å². The molecular formula is C10H12ClNO4. The number of rotatable bonds is 3. The van der Waals surface area contributed by atoms with Gasteiger partial charge in [0, 0.05) is 0 Å². The highest BCUT2D eigenvalue weighted by Crippen LogP contribution is 2.41. The molecule has 16 heavy (non-hydrogen) atoms. The van der Waals surface area contributed by atoms with E-state index in [4.69, 9.17) is 26.8 Å². The molecule has 0 heterocycles. The van der Waals surface area contributed by atoms with Crippen LogP contribution < -0.4 is 15.2 Å². The maximum Gasteiger partial charge on any atom is 0.341 e. The number of esters is 1. The monoisotopic (exact) mass is 245 g/mol. The summed E-state index contributed by atoms with van der Waals surface area (Å²) in [6, 6.07) is 1.38. The second kappa shape index (κ2) is 4.94. The fourth-order valence-electron chi connectivity index (χ4n) is 1.29. The van der Waals surface area contributed by atoms with E-state index in [1.165, 1.54) is 27.4 Å². The minimum Gasteiger partial charge on any atom is -0.492 e. The number of methoxy groups -OCH3 is 3. The number of nitrogen functional groups attached to an aromatic ring is 1. The largest absolute Gasteiger partial charge is 0.492 e. The van der Waals surface area contributed by atoms with Crippen LogP contribution in [0.4, 0.5) is 5.69 Å². The predicted molar refractivity (Wildman–Crippen MR) is 60.3 cm³/mol. The summed E-state index contributed by atoms with van der Waals surface area (Å²) in [6.07, 6.45) is 0. The zero-order valence-electron chi connectivity index (χ0n) is 9.17. The number of carbonyl (C=O) groups is 1. The summed E-state index contributed by atoms with van der Waals surface area (Å²) in [5.41, 5.74) is 6.07. The van der Waals surface area contributed by atoms with Crippen LogP contribution in [0.5, 0.6) is 11.5 Å². The third-order valence-electron chi connectivity index (χ3n) is 2.04. The third-order valence-corrected chi connectivity index (χ3v) is 2.35. The minimum absolute atomic E-state index is 0.168. The van der Waals surface area contributed by atoms with Gasteiger partial charge < -0.3 is 19.9 Å². The maximum absolute atomic E-state index is 11.5. The van der Waals surface area contributed by atoms with E-state index in [2.05, 4.69) is 4.74 Å². The number of halogens is 1. The SMILES string of the molecule is COC(=O)c1cc(Cl)c(N)c(OC)c1OC. The second-order valence-corrected chi connectivity index (χ2v) is 3.28. The van der Waals surface area contributed by atoms with Crippen molar-refractivity contribution in [1.82, 2.24) is 0 Å². The van der Waals surface area contributed by atoms with Crippen LogP contribution in [0.15, 0.2) is 6.07 Å². The Kier molecular flexibility index (Phi) is 3.84. The molecule has 1 aromatic rings. The molecule has 0 saturated carbocycles. The first kappa shape index (κ1) is 12.4. The van der Waals surface area contributed by atoms with Gasteiger partial charge in [-0.2, -0.15) is 0 Å². The molecule has 0 atom stereocenters. The van der Waals surface area contributed by atoms with Crippen LogP contribution in [-0.4, -0.2) is 27.3 Å². The highest BCUT2D eigenvalue weighted by Gasteiger charge is 2.22. The summed E-state index contributed by atoms with van der Waals surface area (Å²) in [4.78, 5) is 11.5. The molecule has 0 aromatic heterocycles. The first-order valence-corrected chi connectivity index (χ1v) is 4.72. The first-order chi connectivity index (χ1) is 7.56. The van der Waals surface area contributed by atoms with Crippen molar-refractivity contribution in [3.8, 4) is 11.5 Å². The van der Waals surface area contributed by atoms with E-state index in [-0.39, 0.29) is 27.8 Å². The Morgan fingerprint density at radius 3 is 2.25 bits per heavy atom. The van der Waals surface area contributed by atoms with Gasteiger partial charge >= 0.3 is 5.97 Å². The molecule has 0 saturated heterocycles. The summed E-state index contributed by atoms with van der Waals surface area (Å²) in [5.74, 6) is -0.149. The van der Waals surface area contributed by atoms with Crippen molar-refractivity contribution in [3.63, 3.8) is 0 Å². The maximum atomic E-state index is 11.5. The standard InChI is InChI=1S/C10H12ClNO4/c1-14-8-5(10(13)16-3)4-6(11)7(12)9(8)15-2/h4H,12H2,1-3H3. The number of benzene rings is 1. The third kappa shape index (κ3) is 1.99. The van der Waals surface area contributed by atoms with Crippen molar-refractivity contribution < 1.29 is 19.0 Å². The van der Waals surface area contributed by atoms with Gasteiger partial charge in [0.2, 0.25) is 0 Å². The average molecular weight is 246 g/mol. The molecule has 0 bridgehead atoms. The number of ether oxygens (including phenoxy) is 3. The quantitative estimate of drug-likeness (QED) is 0.649. The van der Waals surface area contributed by atoms with Gasteiger partial charge in [0.15, 0.2) is 11.5 Å². The van der Waals surface area contributed by atoms with E-state index in [1.807, 2.05) is 0 Å². The molecule has 88 valence electrons. The molecule has 1 rings (SSSR count). The van der Waals surface area contributed by atoms with E-state index in [9.17, 15) is 4.79 Å². The molecule has 0 radical (unpaired) electrons. The van der Waals surface area contributed by atoms with Gasteiger partial charge in [-0.3, -0.25) is 0 Å². The molecule has 6 heteroatoms. The molecule has 0 unspecified atom stereocenters. The molecule has 0 aliphatic carbocycles. The van der Waals surface area contributed by atoms with Crippen LogP contribution in [0.25, 0.3) is 0 Å². The van der Waals surface area contributed by atoms with E-state index in [1.54, 1.807) is 0 Å². The number of anilines is 1. The zero-order valence-corrected chi connectivity index (χ0v) is 9.92. The first-order valence-electron chi connectivity index (χ1n) is 4.35. The Morgan fingerprint density at radius 2 is 1.81 bits per heavy atom. The number of hydrogen-bond donors (Lipinski definition) is 1. The lowest BCUT2D eigenvalue weighted by atomic mass is 10.1. The summed E-state index contributed by atoms with van der Waals surface area (Å²) in [6.45, 7) is 0. The van der Waals surface area contributed by atoms with Crippen molar-refractivity contribution in [2.75, 3.05) is 27.1 Å². The zero-order chi connectivity index (χ0) is 12.3. The van der Waals surface area contributed by atoms with E-state index in [0.29, 0.717) is 0 Å². The van der Waals surface area contributed by atoms with Crippen LogP contribution in [-0.2, 0) is 4.74 Å². The van der Waals surface area contributed by atoms with E-state index in [0.717, 1.165) is 0 Å². The second-order valence-electron chi connectivity index (χ2n) is 2.88. The molecule has 0 spiro atoms. The average Bonchev–Trinajstić information content (AvgIpc) is 2.30. The van der Waals surface area contributed by atoms with Gasteiger partial charge in [0.25, 0.3) is 0 Å². The number of nitrogens with two attached hydrogens (primary N) is 1. The Labute approximate surface area is 98.0 Å². The van der Waals surface area contributed by atoms with Crippen LogP contribution >= 0.6 is 11.6 Å². The van der Waals surface area contributed by atoms with E-state index < -0.39 is 5.97 Å². The van der Waals surface area contributed by atoms with Gasteiger partial charge in [-0.15, -0.1) is 0 Å². The molecule has 5 nitrogen and oxygen atoms in total. The fraction of sp³-hybridized carbons (Fsp3) is 0.300. The van der Waals surface area contributed by atoms with E-state index >= 15 is 0 Å². The summed E-state index contributed by atoms with van der Waals surface area (Å²) in [7, 11) is 4.07. The van der Waals surface area contributed by atoms with Crippen molar-refractivity contribution >= 4 is 23.3 Å². The van der Waals surface area contributed by atoms with Crippen LogP contribution in [0.2, 0.25) is 5.02 Å². The molecule has 1 aromatic carbocycles. The van der Waals surface area contributed by atoms with Gasteiger partial charge in [-0.25, -0.2) is 4.79 Å². The van der Waals surface area contributed by atoms with Gasteiger partial charge in [0.1, 0.15) is 5.56 Å². The lowest BCUT2D eigenvalue weighted by Gasteiger charge is -2.14. The van der Waals surface area contributed by atoms with Gasteiger partial charge in [0.05, 0.1) is 32.0 Å². The Bertz CT molecular complexity index is 420. The summed E-state index contributed by atoms with van der Waals surface area (Å²) in [5, 5.41) is 0.207. The predicted octanol–water partition coefficient (Wildman–Crippen LogP) is 1.73. The van der Waals surface area contributed by atoms with Crippen molar-refractivity contribution in [1.29, 1.82) is 0 Å². The fourth-order valence-corrected chi connectivity index (χ4v) is 1.48. The normalized spacial score (nSPS) is 9.75. The smallest absolute Gasteiger partial charge is 0.341 e. The highest BCUT2D eigenvalue weighted by atomic mass is 35.5. The molecule has 0 amide bonds. The molecule has 0 aliphatic rings. The minimum atomic E-state index is -0.572. The Hall–Kier alpha value is -1.62. The summed E-state index contributed by atoms with van der Waals surface area (Å²) >= 11 is 5.86. The van der Waals surface area contributed by atoms with Crippen molar-refractivity contribution in [2.45, 2.75) is 0 Å². The Balaban J connectivity index is 3.49. The number of hydrogen-bond acceptors (Lipinski definition) is 5. The number of carbonyl (C=O) groups excluding carboxylic acids is 1. The molecular weight excluding hydrogens is 234 g/mol. The van der Waals surface area contributed by atoms with Crippen LogP contribution in [0, 0.1) is 0 Å². The molecule has 0 fully saturated rings. The topological polar surface area (TPSA) is 70.8 Å². The summed E-state index contributed by atoms with van der Waals surface area (Å²) < 4.78 is 14.7. The van der Waals surface area contributed by atoms with Gasteiger partial charge in [-0.05, 0) is 6.07 Å². The van der Waals surface area contributed by atoms with Crippen molar-refractivity contribution in [3.05, 3.63) is 16.7 Å².